The molecule has 172 valence electrons. The Hall–Kier alpha value is -2.36. The average Bonchev–Trinajstić information content (AvgIpc) is 2.79. The second-order valence-corrected chi connectivity index (χ2v) is 7.86. The molecule has 2 aliphatic heterocycles. The highest BCUT2D eigenvalue weighted by molar-refractivity contribution is 5.88. The summed E-state index contributed by atoms with van der Waals surface area (Å²) in [7, 11) is 3.22. The number of hydrogen-bond donors (Lipinski definition) is 2. The van der Waals surface area contributed by atoms with Gasteiger partial charge in [-0.25, -0.2) is 0 Å². The molecule has 2 saturated heterocycles. The number of benzene rings is 1. The fourth-order valence-corrected chi connectivity index (χ4v) is 3.97. The van der Waals surface area contributed by atoms with Crippen molar-refractivity contribution in [3.63, 3.8) is 0 Å². The minimum absolute atomic E-state index is 0.0998. The Balaban J connectivity index is 1.51. The van der Waals surface area contributed by atoms with E-state index in [0.717, 1.165) is 44.8 Å². The van der Waals surface area contributed by atoms with Crippen molar-refractivity contribution < 1.29 is 23.8 Å². The predicted molar refractivity (Wildman–Crippen MR) is 116 cm³/mol. The summed E-state index contributed by atoms with van der Waals surface area (Å²) in [4.78, 5) is 29.4. The number of carbonyl (C=O) groups excluding carboxylic acids is 2. The van der Waals surface area contributed by atoms with Crippen LogP contribution in [-0.2, 0) is 20.9 Å². The lowest BCUT2D eigenvalue weighted by molar-refractivity contribution is -0.134. The Morgan fingerprint density at radius 2 is 1.87 bits per heavy atom. The maximum absolute atomic E-state index is 12.5. The van der Waals surface area contributed by atoms with Crippen molar-refractivity contribution >= 4 is 11.8 Å². The molecule has 0 aromatic heterocycles. The van der Waals surface area contributed by atoms with Crippen molar-refractivity contribution in [3.8, 4) is 11.5 Å². The number of amides is 2. The fourth-order valence-electron chi connectivity index (χ4n) is 3.97. The number of methoxy groups -OCH3 is 2. The molecule has 2 fully saturated rings. The molecule has 0 spiro atoms. The summed E-state index contributed by atoms with van der Waals surface area (Å²) < 4.78 is 16.0. The van der Waals surface area contributed by atoms with Crippen molar-refractivity contribution in [2.45, 2.75) is 25.4 Å². The first-order chi connectivity index (χ1) is 15.1. The molecule has 0 saturated carbocycles. The molecule has 1 aromatic rings. The van der Waals surface area contributed by atoms with Gasteiger partial charge in [0.2, 0.25) is 11.8 Å². The van der Waals surface area contributed by atoms with Gasteiger partial charge in [0.25, 0.3) is 0 Å². The van der Waals surface area contributed by atoms with E-state index in [1.807, 2.05) is 23.1 Å². The second-order valence-electron chi connectivity index (χ2n) is 7.86. The molecule has 0 bridgehead atoms. The van der Waals surface area contributed by atoms with Gasteiger partial charge in [-0.05, 0) is 30.7 Å². The minimum Gasteiger partial charge on any atom is -0.497 e. The van der Waals surface area contributed by atoms with Gasteiger partial charge in [-0.2, -0.15) is 0 Å². The van der Waals surface area contributed by atoms with E-state index in [4.69, 9.17) is 14.2 Å². The first kappa shape index (κ1) is 23.3. The van der Waals surface area contributed by atoms with Gasteiger partial charge in [0.15, 0.2) is 0 Å². The van der Waals surface area contributed by atoms with E-state index in [2.05, 4.69) is 15.5 Å². The largest absolute Gasteiger partial charge is 0.497 e. The molecule has 3 rings (SSSR count). The topological polar surface area (TPSA) is 92.4 Å². The normalized spacial score (nSPS) is 20.2. The number of carbonyl (C=O) groups is 2. The molecule has 2 amide bonds. The SMILES string of the molecule is COc1cc(CN2CCNC(=O)[C@@H]2CC(=O)NCCCN2CCOCC2)cc(OC)c1. The van der Waals surface area contributed by atoms with E-state index in [1.54, 1.807) is 14.2 Å². The average molecular weight is 435 g/mol. The molecule has 9 heteroatoms. The molecule has 0 aliphatic carbocycles. The maximum Gasteiger partial charge on any atom is 0.237 e. The van der Waals surface area contributed by atoms with Crippen LogP contribution in [0.4, 0.5) is 0 Å². The maximum atomic E-state index is 12.5. The Morgan fingerprint density at radius 3 is 2.55 bits per heavy atom. The highest BCUT2D eigenvalue weighted by Gasteiger charge is 2.31. The van der Waals surface area contributed by atoms with E-state index in [0.29, 0.717) is 37.7 Å². The molecule has 0 radical (unpaired) electrons. The first-order valence-electron chi connectivity index (χ1n) is 10.9. The fraction of sp³-hybridized carbons (Fsp3) is 0.636. The second kappa shape index (κ2) is 11.9. The van der Waals surface area contributed by atoms with Crippen LogP contribution < -0.4 is 20.1 Å². The van der Waals surface area contributed by atoms with Crippen LogP contribution in [0.5, 0.6) is 11.5 Å². The molecular formula is C22H34N4O5. The number of morpholine rings is 1. The van der Waals surface area contributed by atoms with E-state index in [-0.39, 0.29) is 18.2 Å². The smallest absolute Gasteiger partial charge is 0.237 e. The third-order valence-corrected chi connectivity index (χ3v) is 5.69. The quantitative estimate of drug-likeness (QED) is 0.510. The number of nitrogens with zero attached hydrogens (tertiary/aromatic N) is 2. The first-order valence-corrected chi connectivity index (χ1v) is 10.9. The van der Waals surface area contributed by atoms with Crippen LogP contribution in [-0.4, -0.2) is 94.4 Å². The van der Waals surface area contributed by atoms with Gasteiger partial charge in [0, 0.05) is 45.3 Å². The standard InChI is InChI=1S/C22H34N4O5/c1-29-18-12-17(13-19(14-18)30-2)16-26-7-5-24-22(28)20(26)15-21(27)23-4-3-6-25-8-10-31-11-9-25/h12-14,20H,3-11,15-16H2,1-2H3,(H,23,27)(H,24,28)/t20-/m0/s1. The van der Waals surface area contributed by atoms with Crippen LogP contribution in [0.15, 0.2) is 18.2 Å². The van der Waals surface area contributed by atoms with Gasteiger partial charge >= 0.3 is 0 Å². The van der Waals surface area contributed by atoms with E-state index < -0.39 is 6.04 Å². The summed E-state index contributed by atoms with van der Waals surface area (Å²) in [6, 6.07) is 5.18. The summed E-state index contributed by atoms with van der Waals surface area (Å²) >= 11 is 0. The predicted octanol–water partition coefficient (Wildman–Crippen LogP) is 0.233. The number of ether oxygens (including phenoxy) is 3. The lowest BCUT2D eigenvalue weighted by atomic mass is 10.1. The molecule has 0 unspecified atom stereocenters. The van der Waals surface area contributed by atoms with Gasteiger partial charge in [-0.3, -0.25) is 19.4 Å². The molecule has 1 aromatic carbocycles. The summed E-state index contributed by atoms with van der Waals surface area (Å²) in [5.41, 5.74) is 0.974. The summed E-state index contributed by atoms with van der Waals surface area (Å²) in [5.74, 6) is 1.19. The molecule has 1 atom stereocenters. The van der Waals surface area contributed by atoms with Crippen LogP contribution in [0.1, 0.15) is 18.4 Å². The minimum atomic E-state index is -0.495. The van der Waals surface area contributed by atoms with Gasteiger partial charge in [0.1, 0.15) is 11.5 Å². The number of rotatable bonds is 10. The highest BCUT2D eigenvalue weighted by atomic mass is 16.5. The third kappa shape index (κ3) is 7.09. The van der Waals surface area contributed by atoms with Crippen LogP contribution >= 0.6 is 0 Å². The van der Waals surface area contributed by atoms with Gasteiger partial charge < -0.3 is 24.8 Å². The van der Waals surface area contributed by atoms with Gasteiger partial charge in [-0.15, -0.1) is 0 Å². The number of hydrogen-bond acceptors (Lipinski definition) is 7. The summed E-state index contributed by atoms with van der Waals surface area (Å²) in [6.45, 7) is 6.78. The Labute approximate surface area is 184 Å². The van der Waals surface area contributed by atoms with Crippen molar-refractivity contribution in [2.24, 2.45) is 0 Å². The van der Waals surface area contributed by atoms with E-state index >= 15 is 0 Å². The molecule has 9 nitrogen and oxygen atoms in total. The van der Waals surface area contributed by atoms with Crippen molar-refractivity contribution in [1.29, 1.82) is 0 Å². The summed E-state index contributed by atoms with van der Waals surface area (Å²) in [5, 5.41) is 5.85. The molecule has 2 N–H and O–H groups in total. The lowest BCUT2D eigenvalue weighted by Crippen LogP contribution is -2.56. The Kier molecular flexibility index (Phi) is 8.93. The van der Waals surface area contributed by atoms with E-state index in [1.165, 1.54) is 0 Å². The highest BCUT2D eigenvalue weighted by Crippen LogP contribution is 2.24. The Morgan fingerprint density at radius 1 is 1.16 bits per heavy atom. The number of piperazine rings is 1. The van der Waals surface area contributed by atoms with E-state index in [9.17, 15) is 9.59 Å². The molecule has 2 heterocycles. The summed E-state index contributed by atoms with van der Waals surface area (Å²) in [6.07, 6.45) is 1.03. The molecular weight excluding hydrogens is 400 g/mol. The van der Waals surface area contributed by atoms with Gasteiger partial charge in [0.05, 0.1) is 39.9 Å². The zero-order chi connectivity index (χ0) is 22.1. The lowest BCUT2D eigenvalue weighted by Gasteiger charge is -2.34. The van der Waals surface area contributed by atoms with Crippen molar-refractivity contribution in [1.82, 2.24) is 20.4 Å². The molecule has 2 aliphatic rings. The number of nitrogens with one attached hydrogen (secondary N) is 2. The van der Waals surface area contributed by atoms with Crippen LogP contribution in [0.25, 0.3) is 0 Å². The van der Waals surface area contributed by atoms with Crippen LogP contribution in [0.3, 0.4) is 0 Å². The zero-order valence-corrected chi connectivity index (χ0v) is 18.5. The monoisotopic (exact) mass is 434 g/mol. The zero-order valence-electron chi connectivity index (χ0n) is 18.5. The van der Waals surface area contributed by atoms with Crippen molar-refractivity contribution in [2.75, 3.05) is 66.7 Å². The van der Waals surface area contributed by atoms with Crippen LogP contribution in [0.2, 0.25) is 0 Å². The van der Waals surface area contributed by atoms with Crippen molar-refractivity contribution in [3.05, 3.63) is 23.8 Å². The van der Waals surface area contributed by atoms with Crippen LogP contribution in [0, 0.1) is 0 Å². The van der Waals surface area contributed by atoms with Gasteiger partial charge in [-0.1, -0.05) is 0 Å². The third-order valence-electron chi connectivity index (χ3n) is 5.69. The molecule has 31 heavy (non-hydrogen) atoms. The Bertz CT molecular complexity index is 716.